The summed E-state index contributed by atoms with van der Waals surface area (Å²) in [7, 11) is 0. The summed E-state index contributed by atoms with van der Waals surface area (Å²) >= 11 is 5.92. The molecule has 4 heteroatoms. The van der Waals surface area contributed by atoms with E-state index in [9.17, 15) is 4.39 Å². The second kappa shape index (κ2) is 3.83. The minimum Gasteiger partial charge on any atom is -0.313 e. The van der Waals surface area contributed by atoms with Crippen molar-refractivity contribution in [3.8, 4) is 0 Å². The number of halogens is 2. The van der Waals surface area contributed by atoms with Crippen molar-refractivity contribution in [1.82, 2.24) is 10.3 Å². The lowest BCUT2D eigenvalue weighted by molar-refractivity contribution is 0.190. The molecule has 76 valence electrons. The van der Waals surface area contributed by atoms with Crippen LogP contribution in [0.4, 0.5) is 4.39 Å². The Labute approximate surface area is 87.5 Å². The summed E-state index contributed by atoms with van der Waals surface area (Å²) in [6.45, 7) is 1.17. The van der Waals surface area contributed by atoms with Gasteiger partial charge in [-0.05, 0) is 24.6 Å². The minimum atomic E-state index is -1.13. The lowest BCUT2D eigenvalue weighted by Gasteiger charge is -2.18. The van der Waals surface area contributed by atoms with E-state index in [1.807, 2.05) is 0 Å². The van der Waals surface area contributed by atoms with Crippen LogP contribution >= 0.6 is 11.6 Å². The fourth-order valence-corrected chi connectivity index (χ4v) is 1.94. The fourth-order valence-electron chi connectivity index (χ4n) is 1.75. The topological polar surface area (TPSA) is 24.9 Å². The third-order valence-electron chi connectivity index (χ3n) is 2.56. The van der Waals surface area contributed by atoms with Gasteiger partial charge in [-0.1, -0.05) is 11.6 Å². The van der Waals surface area contributed by atoms with Gasteiger partial charge in [0.05, 0.1) is 5.02 Å². The molecule has 2 heterocycles. The van der Waals surface area contributed by atoms with Gasteiger partial charge in [-0.25, -0.2) is 4.39 Å². The normalized spacial score (nSPS) is 26.7. The highest BCUT2D eigenvalue weighted by molar-refractivity contribution is 6.31. The average Bonchev–Trinajstić information content (AvgIpc) is 2.57. The second-order valence-electron chi connectivity index (χ2n) is 3.72. The number of hydrogen-bond donors (Lipinski definition) is 1. The van der Waals surface area contributed by atoms with Crippen LogP contribution < -0.4 is 5.32 Å². The smallest absolute Gasteiger partial charge is 0.128 e. The van der Waals surface area contributed by atoms with E-state index >= 15 is 0 Å². The predicted octanol–water partition coefficient (Wildman–Crippen LogP) is 1.98. The van der Waals surface area contributed by atoms with Gasteiger partial charge < -0.3 is 5.32 Å². The summed E-state index contributed by atoms with van der Waals surface area (Å²) < 4.78 is 14.0. The lowest BCUT2D eigenvalue weighted by atomic mass is 9.96. The number of alkyl halides is 1. The van der Waals surface area contributed by atoms with E-state index in [1.54, 1.807) is 18.5 Å². The molecule has 1 aromatic heterocycles. The van der Waals surface area contributed by atoms with Gasteiger partial charge in [-0.2, -0.15) is 0 Å². The first kappa shape index (κ1) is 9.87. The Kier molecular flexibility index (Phi) is 2.70. The molecular weight excluding hydrogens is 203 g/mol. The third-order valence-corrected chi connectivity index (χ3v) is 2.90. The molecule has 0 radical (unpaired) electrons. The van der Waals surface area contributed by atoms with Crippen molar-refractivity contribution < 1.29 is 4.39 Å². The Morgan fingerprint density at radius 2 is 2.50 bits per heavy atom. The molecule has 1 unspecified atom stereocenters. The van der Waals surface area contributed by atoms with E-state index in [-0.39, 0.29) is 0 Å². The van der Waals surface area contributed by atoms with Gasteiger partial charge in [0.25, 0.3) is 0 Å². The maximum absolute atomic E-state index is 14.0. The van der Waals surface area contributed by atoms with Crippen LogP contribution in [-0.4, -0.2) is 23.7 Å². The molecular formula is C10H12ClFN2. The third kappa shape index (κ3) is 2.04. The molecule has 0 bridgehead atoms. The minimum absolute atomic E-state index is 0.376. The number of rotatable bonds is 2. The van der Waals surface area contributed by atoms with Crippen molar-refractivity contribution in [2.45, 2.75) is 18.5 Å². The van der Waals surface area contributed by atoms with Crippen LogP contribution in [0.1, 0.15) is 12.0 Å². The van der Waals surface area contributed by atoms with Crippen molar-refractivity contribution in [1.29, 1.82) is 0 Å². The molecule has 1 aliphatic heterocycles. The standard InChI is InChI=1S/C10H12ClFN2/c11-9-6-13-3-1-8(9)5-10(12)2-4-14-7-10/h1,3,6,14H,2,4-5,7H2. The number of nitrogens with zero attached hydrogens (tertiary/aromatic N) is 1. The number of aromatic nitrogens is 1. The van der Waals surface area contributed by atoms with Gasteiger partial charge in [-0.15, -0.1) is 0 Å². The molecule has 2 nitrogen and oxygen atoms in total. The zero-order valence-electron chi connectivity index (χ0n) is 7.76. The molecule has 1 atom stereocenters. The molecule has 0 spiro atoms. The first-order valence-corrected chi connectivity index (χ1v) is 5.05. The molecule has 2 rings (SSSR count). The summed E-state index contributed by atoms with van der Waals surface area (Å²) in [6, 6.07) is 1.78. The fraction of sp³-hybridized carbons (Fsp3) is 0.500. The maximum atomic E-state index is 14.0. The van der Waals surface area contributed by atoms with Crippen molar-refractivity contribution in [2.75, 3.05) is 13.1 Å². The van der Waals surface area contributed by atoms with Crippen molar-refractivity contribution in [3.05, 3.63) is 29.0 Å². The molecule has 14 heavy (non-hydrogen) atoms. The van der Waals surface area contributed by atoms with E-state index in [0.29, 0.717) is 24.4 Å². The second-order valence-corrected chi connectivity index (χ2v) is 4.13. The van der Waals surface area contributed by atoms with E-state index in [1.165, 1.54) is 0 Å². The number of nitrogens with one attached hydrogen (secondary N) is 1. The van der Waals surface area contributed by atoms with Gasteiger partial charge >= 0.3 is 0 Å². The molecule has 1 aliphatic rings. The van der Waals surface area contributed by atoms with Gasteiger partial charge in [0.1, 0.15) is 5.67 Å². The SMILES string of the molecule is FC1(Cc2ccncc2Cl)CCNC1. The maximum Gasteiger partial charge on any atom is 0.128 e. The quantitative estimate of drug-likeness (QED) is 0.815. The monoisotopic (exact) mass is 214 g/mol. The van der Waals surface area contributed by atoms with Crippen molar-refractivity contribution in [2.24, 2.45) is 0 Å². The Morgan fingerprint density at radius 3 is 3.14 bits per heavy atom. The van der Waals surface area contributed by atoms with E-state index in [4.69, 9.17) is 11.6 Å². The van der Waals surface area contributed by atoms with Crippen LogP contribution in [0, 0.1) is 0 Å². The van der Waals surface area contributed by atoms with E-state index in [0.717, 1.165) is 12.1 Å². The van der Waals surface area contributed by atoms with Crippen LogP contribution in [-0.2, 0) is 6.42 Å². The summed E-state index contributed by atoms with van der Waals surface area (Å²) in [5.41, 5.74) is -0.293. The molecule has 1 aromatic rings. The highest BCUT2D eigenvalue weighted by atomic mass is 35.5. The van der Waals surface area contributed by atoms with Crippen LogP contribution in [0.15, 0.2) is 18.5 Å². The Morgan fingerprint density at radius 1 is 1.64 bits per heavy atom. The number of hydrogen-bond acceptors (Lipinski definition) is 2. The van der Waals surface area contributed by atoms with E-state index < -0.39 is 5.67 Å². The van der Waals surface area contributed by atoms with Crippen molar-refractivity contribution in [3.63, 3.8) is 0 Å². The zero-order chi connectivity index (χ0) is 10.0. The van der Waals surface area contributed by atoms with Crippen LogP contribution in [0.5, 0.6) is 0 Å². The molecule has 0 aromatic carbocycles. The lowest BCUT2D eigenvalue weighted by Crippen LogP contribution is -2.28. The average molecular weight is 215 g/mol. The van der Waals surface area contributed by atoms with Gasteiger partial charge in [0, 0.05) is 25.4 Å². The molecule has 1 saturated heterocycles. The van der Waals surface area contributed by atoms with E-state index in [2.05, 4.69) is 10.3 Å². The zero-order valence-corrected chi connectivity index (χ0v) is 8.52. The van der Waals surface area contributed by atoms with Crippen LogP contribution in [0.2, 0.25) is 5.02 Å². The Bertz CT molecular complexity index is 324. The summed E-state index contributed by atoms with van der Waals surface area (Å²) in [5, 5.41) is 3.57. The number of pyridine rings is 1. The summed E-state index contributed by atoms with van der Waals surface area (Å²) in [4.78, 5) is 3.87. The predicted molar refractivity (Wildman–Crippen MR) is 54.3 cm³/mol. The Hall–Kier alpha value is -0.670. The highest BCUT2D eigenvalue weighted by Crippen LogP contribution is 2.27. The molecule has 0 aliphatic carbocycles. The van der Waals surface area contributed by atoms with Crippen LogP contribution in [0.3, 0.4) is 0 Å². The van der Waals surface area contributed by atoms with Crippen LogP contribution in [0.25, 0.3) is 0 Å². The van der Waals surface area contributed by atoms with Gasteiger partial charge in [-0.3, -0.25) is 4.98 Å². The van der Waals surface area contributed by atoms with Gasteiger partial charge in [0.15, 0.2) is 0 Å². The summed E-state index contributed by atoms with van der Waals surface area (Å²) in [6.07, 6.45) is 4.14. The molecule has 0 saturated carbocycles. The first-order chi connectivity index (χ1) is 6.70. The largest absolute Gasteiger partial charge is 0.313 e. The molecule has 0 amide bonds. The highest BCUT2D eigenvalue weighted by Gasteiger charge is 2.34. The Balaban J connectivity index is 2.14. The first-order valence-electron chi connectivity index (χ1n) is 4.68. The molecule has 1 N–H and O–H groups in total. The summed E-state index contributed by atoms with van der Waals surface area (Å²) in [5.74, 6) is 0. The molecule has 1 fully saturated rings. The van der Waals surface area contributed by atoms with Crippen molar-refractivity contribution >= 4 is 11.6 Å². The van der Waals surface area contributed by atoms with Gasteiger partial charge in [0.2, 0.25) is 0 Å².